The number of nitrogens with one attached hydrogen (secondary N) is 1. The molecule has 2 N–H and O–H groups in total. The molecule has 0 spiro atoms. The van der Waals surface area contributed by atoms with Gasteiger partial charge in [-0.2, -0.15) is 0 Å². The van der Waals surface area contributed by atoms with Crippen molar-refractivity contribution in [3.63, 3.8) is 0 Å². The Morgan fingerprint density at radius 1 is 1.53 bits per heavy atom. The number of halogens is 1. The molecular weight excluding hydrogens is 266 g/mol. The number of hydrogen-bond acceptors (Lipinski definition) is 3. The van der Waals surface area contributed by atoms with Crippen molar-refractivity contribution in [2.75, 3.05) is 6.61 Å². The highest BCUT2D eigenvalue weighted by Crippen LogP contribution is 2.32. The second kappa shape index (κ2) is 5.80. The van der Waals surface area contributed by atoms with E-state index in [4.69, 9.17) is 21.4 Å². The molecule has 19 heavy (non-hydrogen) atoms. The molecule has 0 aliphatic carbocycles. The summed E-state index contributed by atoms with van der Waals surface area (Å²) >= 11 is 6.07. The fraction of sp³-hybridized carbons (Fsp3) is 0.500. The summed E-state index contributed by atoms with van der Waals surface area (Å²) in [6, 6.07) is 3.17. The molecule has 104 valence electrons. The van der Waals surface area contributed by atoms with E-state index in [0.29, 0.717) is 18.2 Å². The second-order valence-electron chi connectivity index (χ2n) is 5.09. The van der Waals surface area contributed by atoms with Crippen molar-refractivity contribution in [3.8, 4) is 5.75 Å². The maximum absolute atomic E-state index is 11.1. The minimum atomic E-state index is -0.838. The standard InChI is InChI=1S/C14H18ClNO3/c1-8(2)12(14(17)18)16-7-10-6-11(15)5-9-3-4-19-13(9)10/h5-6,8,12,16H,3-4,7H2,1-2H3,(H,17,18)/t12-/m0/s1. The van der Waals surface area contributed by atoms with E-state index in [1.807, 2.05) is 26.0 Å². The zero-order valence-corrected chi connectivity index (χ0v) is 11.8. The molecule has 0 amide bonds. The average molecular weight is 284 g/mol. The number of carboxylic acid groups (broad SMARTS) is 1. The molecule has 0 saturated carbocycles. The van der Waals surface area contributed by atoms with Gasteiger partial charge in [-0.25, -0.2) is 0 Å². The van der Waals surface area contributed by atoms with Crippen molar-refractivity contribution in [2.45, 2.75) is 32.9 Å². The minimum absolute atomic E-state index is 0.0191. The van der Waals surface area contributed by atoms with Gasteiger partial charge in [-0.1, -0.05) is 25.4 Å². The normalized spacial score (nSPS) is 15.2. The molecule has 0 fully saturated rings. The minimum Gasteiger partial charge on any atom is -0.493 e. The number of hydrogen-bond donors (Lipinski definition) is 2. The van der Waals surface area contributed by atoms with Gasteiger partial charge in [0.05, 0.1) is 6.61 Å². The Kier molecular flexibility index (Phi) is 4.32. The fourth-order valence-electron chi connectivity index (χ4n) is 2.31. The summed E-state index contributed by atoms with van der Waals surface area (Å²) < 4.78 is 5.59. The van der Waals surface area contributed by atoms with E-state index in [1.54, 1.807) is 0 Å². The van der Waals surface area contributed by atoms with E-state index in [9.17, 15) is 4.79 Å². The fourth-order valence-corrected chi connectivity index (χ4v) is 2.57. The van der Waals surface area contributed by atoms with E-state index >= 15 is 0 Å². The molecule has 2 rings (SSSR count). The van der Waals surface area contributed by atoms with Gasteiger partial charge in [0.25, 0.3) is 0 Å². The highest BCUT2D eigenvalue weighted by molar-refractivity contribution is 6.30. The quantitative estimate of drug-likeness (QED) is 0.872. The predicted molar refractivity (Wildman–Crippen MR) is 73.8 cm³/mol. The lowest BCUT2D eigenvalue weighted by atomic mass is 10.0. The summed E-state index contributed by atoms with van der Waals surface area (Å²) in [6.07, 6.45) is 0.857. The Labute approximate surface area is 117 Å². The molecule has 1 aromatic rings. The third-order valence-corrected chi connectivity index (χ3v) is 3.49. The highest BCUT2D eigenvalue weighted by Gasteiger charge is 2.23. The Morgan fingerprint density at radius 2 is 2.26 bits per heavy atom. The van der Waals surface area contributed by atoms with Gasteiger partial charge in [-0.05, 0) is 23.6 Å². The molecule has 0 aromatic heterocycles. The molecule has 1 atom stereocenters. The number of fused-ring (bicyclic) bond motifs is 1. The lowest BCUT2D eigenvalue weighted by Gasteiger charge is -2.19. The first kappa shape index (κ1) is 14.2. The maximum Gasteiger partial charge on any atom is 0.320 e. The van der Waals surface area contributed by atoms with Crippen LogP contribution in [0.2, 0.25) is 5.02 Å². The van der Waals surface area contributed by atoms with E-state index in [-0.39, 0.29) is 5.92 Å². The van der Waals surface area contributed by atoms with Crippen molar-refractivity contribution >= 4 is 17.6 Å². The molecular formula is C14H18ClNO3. The van der Waals surface area contributed by atoms with Crippen molar-refractivity contribution in [2.24, 2.45) is 5.92 Å². The van der Waals surface area contributed by atoms with Crippen molar-refractivity contribution < 1.29 is 14.6 Å². The summed E-state index contributed by atoms with van der Waals surface area (Å²) in [5.74, 6) is 0.0324. The molecule has 0 bridgehead atoms. The van der Waals surface area contributed by atoms with Crippen molar-refractivity contribution in [3.05, 3.63) is 28.3 Å². The third-order valence-electron chi connectivity index (χ3n) is 3.27. The Balaban J connectivity index is 2.14. The summed E-state index contributed by atoms with van der Waals surface area (Å²) in [4.78, 5) is 11.1. The van der Waals surface area contributed by atoms with Crippen molar-refractivity contribution in [1.29, 1.82) is 0 Å². The summed E-state index contributed by atoms with van der Waals surface area (Å²) in [6.45, 7) is 4.86. The van der Waals surface area contributed by atoms with Gasteiger partial charge in [0.15, 0.2) is 0 Å². The number of rotatable bonds is 5. The monoisotopic (exact) mass is 283 g/mol. The van der Waals surface area contributed by atoms with Crippen LogP contribution in [0.25, 0.3) is 0 Å². The first-order valence-electron chi connectivity index (χ1n) is 6.39. The number of carbonyl (C=O) groups is 1. The summed E-state index contributed by atoms with van der Waals surface area (Å²) in [5, 5.41) is 12.9. The first-order valence-corrected chi connectivity index (χ1v) is 6.77. The van der Waals surface area contributed by atoms with Gasteiger partial charge in [-0.3, -0.25) is 10.1 Å². The predicted octanol–water partition coefficient (Wildman–Crippen LogP) is 2.47. The van der Waals surface area contributed by atoms with Crippen LogP contribution in [0.3, 0.4) is 0 Å². The number of ether oxygens (including phenoxy) is 1. The van der Waals surface area contributed by atoms with Crippen LogP contribution < -0.4 is 10.1 Å². The van der Waals surface area contributed by atoms with E-state index in [1.165, 1.54) is 0 Å². The highest BCUT2D eigenvalue weighted by atomic mass is 35.5. The van der Waals surface area contributed by atoms with Gasteiger partial charge in [0.1, 0.15) is 11.8 Å². The molecule has 4 nitrogen and oxygen atoms in total. The second-order valence-corrected chi connectivity index (χ2v) is 5.53. The lowest BCUT2D eigenvalue weighted by Crippen LogP contribution is -2.40. The van der Waals surface area contributed by atoms with Crippen LogP contribution in [0, 0.1) is 5.92 Å². The zero-order valence-electron chi connectivity index (χ0n) is 11.1. The Morgan fingerprint density at radius 3 is 2.89 bits per heavy atom. The van der Waals surface area contributed by atoms with Gasteiger partial charge in [-0.15, -0.1) is 0 Å². The Bertz CT molecular complexity index is 488. The van der Waals surface area contributed by atoms with Crippen LogP contribution >= 0.6 is 11.6 Å². The van der Waals surface area contributed by atoms with E-state index < -0.39 is 12.0 Å². The SMILES string of the molecule is CC(C)[C@H](NCc1cc(Cl)cc2c1OCC2)C(=O)O. The number of benzene rings is 1. The van der Waals surface area contributed by atoms with Gasteiger partial charge < -0.3 is 9.84 Å². The van der Waals surface area contributed by atoms with Crippen LogP contribution in [0.1, 0.15) is 25.0 Å². The Hall–Kier alpha value is -1.26. The van der Waals surface area contributed by atoms with Crippen LogP contribution in [0.4, 0.5) is 0 Å². The van der Waals surface area contributed by atoms with E-state index in [2.05, 4.69) is 5.32 Å². The molecule has 1 aliphatic rings. The summed E-state index contributed by atoms with van der Waals surface area (Å²) in [7, 11) is 0. The molecule has 1 aromatic carbocycles. The summed E-state index contributed by atoms with van der Waals surface area (Å²) in [5.41, 5.74) is 2.02. The molecule has 0 saturated heterocycles. The van der Waals surface area contributed by atoms with E-state index in [0.717, 1.165) is 23.3 Å². The van der Waals surface area contributed by atoms with Gasteiger partial charge in [0.2, 0.25) is 0 Å². The first-order chi connectivity index (χ1) is 8.99. The third kappa shape index (κ3) is 3.19. The molecule has 5 heteroatoms. The van der Waals surface area contributed by atoms with Gasteiger partial charge in [0, 0.05) is 23.6 Å². The molecule has 1 heterocycles. The topological polar surface area (TPSA) is 58.6 Å². The number of carboxylic acids is 1. The van der Waals surface area contributed by atoms with Crippen molar-refractivity contribution in [1.82, 2.24) is 5.32 Å². The molecule has 1 aliphatic heterocycles. The average Bonchev–Trinajstić information content (AvgIpc) is 2.75. The van der Waals surface area contributed by atoms with Crippen LogP contribution in [0.15, 0.2) is 12.1 Å². The molecule has 0 unspecified atom stereocenters. The molecule has 0 radical (unpaired) electrons. The largest absolute Gasteiger partial charge is 0.493 e. The maximum atomic E-state index is 11.1. The van der Waals surface area contributed by atoms with Crippen LogP contribution in [-0.4, -0.2) is 23.7 Å². The van der Waals surface area contributed by atoms with Crippen LogP contribution in [-0.2, 0) is 17.8 Å². The van der Waals surface area contributed by atoms with Gasteiger partial charge >= 0.3 is 5.97 Å². The van der Waals surface area contributed by atoms with Crippen LogP contribution in [0.5, 0.6) is 5.75 Å². The lowest BCUT2D eigenvalue weighted by molar-refractivity contribution is -0.140. The zero-order chi connectivity index (χ0) is 14.0. The number of aliphatic carboxylic acids is 1. The smallest absolute Gasteiger partial charge is 0.320 e.